The van der Waals surface area contributed by atoms with Gasteiger partial charge in [-0.25, -0.2) is 0 Å². The number of carbonyl (C=O) groups excluding carboxylic acids is 2. The van der Waals surface area contributed by atoms with Crippen molar-refractivity contribution in [2.45, 2.75) is 112 Å². The van der Waals surface area contributed by atoms with Crippen molar-refractivity contribution in [3.05, 3.63) is 11.6 Å². The molecule has 0 amide bonds. The first-order valence-corrected chi connectivity index (χ1v) is 14.1. The fourth-order valence-corrected chi connectivity index (χ4v) is 10.5. The number of aliphatic hydroxyl groups excluding tert-OH is 1. The number of esters is 2. The minimum Gasteiger partial charge on any atom is -0.465 e. The smallest absolute Gasteiger partial charge is 0.302 e. The van der Waals surface area contributed by atoms with Gasteiger partial charge in [0.25, 0.3) is 0 Å². The van der Waals surface area contributed by atoms with Crippen LogP contribution in [0.2, 0.25) is 0 Å². The highest BCUT2D eigenvalue weighted by molar-refractivity contribution is 5.66. The molecule has 0 aromatic carbocycles. The fraction of sp³-hybridized carbons (Fsp3) is 0.867. The van der Waals surface area contributed by atoms with Crippen LogP contribution in [0.3, 0.4) is 0 Å². The zero-order chi connectivity index (χ0) is 26.3. The first-order valence-electron chi connectivity index (χ1n) is 14.1. The first kappa shape index (κ1) is 26.2. The molecule has 1 heterocycles. The van der Waals surface area contributed by atoms with E-state index in [-0.39, 0.29) is 58.1 Å². The van der Waals surface area contributed by atoms with Gasteiger partial charge in [-0.15, -0.1) is 0 Å². The van der Waals surface area contributed by atoms with Gasteiger partial charge in [-0.1, -0.05) is 40.2 Å². The molecule has 6 nitrogen and oxygen atoms in total. The molecule has 0 radical (unpaired) electrons. The maximum atomic E-state index is 12.5. The zero-order valence-corrected chi connectivity index (χ0v) is 23.3. The average molecular weight is 503 g/mol. The highest BCUT2D eigenvalue weighted by atomic mass is 16.6. The Kier molecular flexibility index (Phi) is 6.23. The molecule has 36 heavy (non-hydrogen) atoms. The van der Waals surface area contributed by atoms with Gasteiger partial charge in [0, 0.05) is 30.6 Å². The van der Waals surface area contributed by atoms with Crippen LogP contribution in [-0.2, 0) is 23.8 Å². The third kappa shape index (κ3) is 3.56. The van der Waals surface area contributed by atoms with E-state index in [2.05, 4.69) is 33.8 Å². The lowest BCUT2D eigenvalue weighted by Crippen LogP contribution is -2.68. The monoisotopic (exact) mass is 502 g/mol. The van der Waals surface area contributed by atoms with Crippen LogP contribution in [0.5, 0.6) is 0 Å². The highest BCUT2D eigenvalue weighted by Gasteiger charge is 2.71. The van der Waals surface area contributed by atoms with E-state index in [4.69, 9.17) is 14.2 Å². The molecule has 5 rings (SSSR count). The molecule has 4 fully saturated rings. The van der Waals surface area contributed by atoms with Gasteiger partial charge in [-0.2, -0.15) is 0 Å². The number of ether oxygens (including phenoxy) is 3. The number of aliphatic hydroxyl groups is 1. The van der Waals surface area contributed by atoms with Crippen molar-refractivity contribution in [2.24, 2.45) is 45.3 Å². The predicted octanol–water partition coefficient (Wildman–Crippen LogP) is 5.42. The van der Waals surface area contributed by atoms with E-state index in [0.717, 1.165) is 44.1 Å². The Balaban J connectivity index is 1.65. The Bertz CT molecular complexity index is 955. The normalized spacial score (nSPS) is 49.0. The Morgan fingerprint density at radius 2 is 1.78 bits per heavy atom. The molecule has 4 aliphatic carbocycles. The van der Waals surface area contributed by atoms with Gasteiger partial charge in [0.1, 0.15) is 6.10 Å². The first-order chi connectivity index (χ1) is 16.8. The molecule has 0 bridgehead atoms. The number of fused-ring (bicyclic) bond motifs is 7. The molecular formula is C30H46O6. The van der Waals surface area contributed by atoms with Crippen LogP contribution in [0, 0.1) is 45.3 Å². The summed E-state index contributed by atoms with van der Waals surface area (Å²) in [4.78, 5) is 24.6. The predicted molar refractivity (Wildman–Crippen MR) is 136 cm³/mol. The Morgan fingerprint density at radius 3 is 2.44 bits per heavy atom. The summed E-state index contributed by atoms with van der Waals surface area (Å²) in [7, 11) is 0. The highest BCUT2D eigenvalue weighted by Crippen LogP contribution is 2.74. The SMILES string of the molecule is CC(=O)OCC12CCCC(C)(C)C1CCC1(C)C2CC(OC(C)=O)C2(C)C3C(=CCC12)C(C)OC3O. The van der Waals surface area contributed by atoms with E-state index in [1.54, 1.807) is 0 Å². The van der Waals surface area contributed by atoms with Crippen LogP contribution in [0.4, 0.5) is 0 Å². The molecule has 6 heteroatoms. The Hall–Kier alpha value is -1.40. The number of allylic oxidation sites excluding steroid dienone is 1. The van der Waals surface area contributed by atoms with Crippen molar-refractivity contribution in [1.29, 1.82) is 0 Å². The second kappa shape index (κ2) is 8.56. The minimum absolute atomic E-state index is 0.0248. The molecule has 10 atom stereocenters. The number of hydrogen-bond donors (Lipinski definition) is 1. The number of carbonyl (C=O) groups is 2. The lowest BCUT2D eigenvalue weighted by atomic mass is 9.34. The third-order valence-corrected chi connectivity index (χ3v) is 11.8. The Morgan fingerprint density at radius 1 is 1.06 bits per heavy atom. The standard InChI is InChI=1S/C30H46O6/c1-17-20-9-10-22-28(6)14-11-21-27(4,5)12-8-13-30(21,16-34-18(2)31)23(28)15-24(36-19(3)32)29(22,7)25(20)26(33)35-17/h9,17,21-26,33H,8,10-16H2,1-7H3. The zero-order valence-electron chi connectivity index (χ0n) is 23.3. The summed E-state index contributed by atoms with van der Waals surface area (Å²) in [6, 6.07) is 0. The molecular weight excluding hydrogens is 456 g/mol. The quantitative estimate of drug-likeness (QED) is 0.410. The lowest BCUT2D eigenvalue weighted by molar-refractivity contribution is -0.263. The topological polar surface area (TPSA) is 82.1 Å². The summed E-state index contributed by atoms with van der Waals surface area (Å²) in [5.41, 5.74) is 0.737. The molecule has 1 N–H and O–H groups in total. The molecule has 0 aromatic rings. The van der Waals surface area contributed by atoms with Gasteiger partial charge in [0.15, 0.2) is 6.29 Å². The number of hydrogen-bond acceptors (Lipinski definition) is 6. The molecule has 1 saturated heterocycles. The van der Waals surface area contributed by atoms with E-state index in [1.165, 1.54) is 20.3 Å². The van der Waals surface area contributed by atoms with Crippen molar-refractivity contribution >= 4 is 11.9 Å². The van der Waals surface area contributed by atoms with Gasteiger partial charge >= 0.3 is 11.9 Å². The van der Waals surface area contributed by atoms with E-state index in [0.29, 0.717) is 12.5 Å². The molecule has 0 spiro atoms. The molecule has 5 aliphatic rings. The summed E-state index contributed by atoms with van der Waals surface area (Å²) < 4.78 is 18.0. The van der Waals surface area contributed by atoms with E-state index >= 15 is 0 Å². The van der Waals surface area contributed by atoms with Crippen LogP contribution in [0.25, 0.3) is 0 Å². The van der Waals surface area contributed by atoms with Gasteiger partial charge in [0.2, 0.25) is 0 Å². The third-order valence-electron chi connectivity index (χ3n) is 11.8. The lowest BCUT2D eigenvalue weighted by Gasteiger charge is -2.71. The van der Waals surface area contributed by atoms with Crippen molar-refractivity contribution in [3.8, 4) is 0 Å². The fourth-order valence-electron chi connectivity index (χ4n) is 10.5. The molecule has 202 valence electrons. The molecule has 0 aromatic heterocycles. The van der Waals surface area contributed by atoms with Gasteiger partial charge < -0.3 is 19.3 Å². The van der Waals surface area contributed by atoms with Crippen LogP contribution in [-0.4, -0.2) is 42.1 Å². The summed E-state index contributed by atoms with van der Waals surface area (Å²) in [5.74, 6) is 0.266. The maximum absolute atomic E-state index is 12.5. The van der Waals surface area contributed by atoms with E-state index in [1.807, 2.05) is 6.92 Å². The molecule has 3 saturated carbocycles. The van der Waals surface area contributed by atoms with Crippen molar-refractivity contribution < 1.29 is 28.9 Å². The second-order valence-corrected chi connectivity index (χ2v) is 13.8. The largest absolute Gasteiger partial charge is 0.465 e. The van der Waals surface area contributed by atoms with Crippen LogP contribution < -0.4 is 0 Å². The summed E-state index contributed by atoms with van der Waals surface area (Å²) in [6.45, 7) is 14.9. The van der Waals surface area contributed by atoms with Crippen molar-refractivity contribution in [3.63, 3.8) is 0 Å². The van der Waals surface area contributed by atoms with E-state index in [9.17, 15) is 14.7 Å². The van der Waals surface area contributed by atoms with Crippen molar-refractivity contribution in [2.75, 3.05) is 6.61 Å². The molecule has 1 aliphatic heterocycles. The maximum Gasteiger partial charge on any atom is 0.302 e. The van der Waals surface area contributed by atoms with Gasteiger partial charge in [-0.3, -0.25) is 9.59 Å². The molecule has 10 unspecified atom stereocenters. The summed E-state index contributed by atoms with van der Waals surface area (Å²) in [5, 5.41) is 11.1. The van der Waals surface area contributed by atoms with Crippen LogP contribution >= 0.6 is 0 Å². The van der Waals surface area contributed by atoms with E-state index < -0.39 is 11.7 Å². The van der Waals surface area contributed by atoms with Crippen molar-refractivity contribution in [1.82, 2.24) is 0 Å². The number of rotatable bonds is 3. The van der Waals surface area contributed by atoms with Crippen LogP contribution in [0.15, 0.2) is 11.6 Å². The summed E-state index contributed by atoms with van der Waals surface area (Å²) in [6.07, 6.45) is 8.16. The Labute approximate surface area is 216 Å². The van der Waals surface area contributed by atoms with Crippen LogP contribution in [0.1, 0.15) is 93.4 Å². The average Bonchev–Trinajstić information content (AvgIpc) is 3.07. The summed E-state index contributed by atoms with van der Waals surface area (Å²) >= 11 is 0. The van der Waals surface area contributed by atoms with Gasteiger partial charge in [-0.05, 0) is 79.6 Å². The minimum atomic E-state index is -0.891. The van der Waals surface area contributed by atoms with Gasteiger partial charge in [0.05, 0.1) is 12.7 Å². The second-order valence-electron chi connectivity index (χ2n) is 13.8.